The maximum atomic E-state index is 13.2. The van der Waals surface area contributed by atoms with Crippen LogP contribution in [0.4, 0.5) is 37.7 Å². The smallest absolute Gasteiger partial charge is 0.234 e. The molecule has 0 saturated carbocycles. The summed E-state index contributed by atoms with van der Waals surface area (Å²) in [4.78, 5) is 25.4. The largest absolute Gasteiger partial charge is 0.325 e. The van der Waals surface area contributed by atoms with Gasteiger partial charge in [0.15, 0.2) is 5.16 Å². The Kier molecular flexibility index (Phi) is 7.28. The van der Waals surface area contributed by atoms with Crippen molar-refractivity contribution in [3.05, 3.63) is 90.0 Å². The average Bonchev–Trinajstić information content (AvgIpc) is 2.82. The van der Waals surface area contributed by atoms with E-state index in [9.17, 15) is 13.6 Å². The van der Waals surface area contributed by atoms with Gasteiger partial charge in [0, 0.05) is 17.1 Å². The number of aromatic nitrogens is 3. The van der Waals surface area contributed by atoms with E-state index in [0.29, 0.717) is 22.2 Å². The first-order valence-electron chi connectivity index (χ1n) is 10.2. The fourth-order valence-electron chi connectivity index (χ4n) is 2.82. The van der Waals surface area contributed by atoms with Crippen LogP contribution in [0.15, 0.2) is 78.0 Å². The molecule has 1 amide bonds. The molecule has 172 valence electrons. The minimum atomic E-state index is -0.365. The van der Waals surface area contributed by atoms with Crippen LogP contribution in [0.5, 0.6) is 0 Å². The molecule has 7 nitrogen and oxygen atoms in total. The van der Waals surface area contributed by atoms with Gasteiger partial charge in [-0.1, -0.05) is 29.5 Å². The van der Waals surface area contributed by atoms with Crippen LogP contribution in [0.25, 0.3) is 0 Å². The van der Waals surface area contributed by atoms with Crippen molar-refractivity contribution in [2.45, 2.75) is 12.1 Å². The Labute approximate surface area is 199 Å². The lowest BCUT2D eigenvalue weighted by molar-refractivity contribution is -0.113. The van der Waals surface area contributed by atoms with Gasteiger partial charge in [0.05, 0.1) is 5.75 Å². The normalized spacial score (nSPS) is 10.6. The molecular weight excluding hydrogens is 458 g/mol. The number of carbonyl (C=O) groups is 1. The maximum absolute atomic E-state index is 13.2. The number of carbonyl (C=O) groups excluding carboxylic acids is 1. The van der Waals surface area contributed by atoms with E-state index in [-0.39, 0.29) is 35.2 Å². The van der Waals surface area contributed by atoms with Crippen LogP contribution in [0.1, 0.15) is 5.56 Å². The lowest BCUT2D eigenvalue weighted by Crippen LogP contribution is -2.14. The van der Waals surface area contributed by atoms with E-state index in [2.05, 4.69) is 30.9 Å². The van der Waals surface area contributed by atoms with E-state index in [0.717, 1.165) is 17.3 Å². The number of nitrogens with one attached hydrogen (secondary N) is 3. The van der Waals surface area contributed by atoms with E-state index in [4.69, 9.17) is 0 Å². The lowest BCUT2D eigenvalue weighted by Gasteiger charge is -2.10. The van der Waals surface area contributed by atoms with E-state index in [1.165, 1.54) is 24.3 Å². The molecule has 0 aliphatic heterocycles. The zero-order valence-electron chi connectivity index (χ0n) is 18.0. The fourth-order valence-corrected chi connectivity index (χ4v) is 3.46. The van der Waals surface area contributed by atoms with Gasteiger partial charge in [0.1, 0.15) is 11.6 Å². The molecule has 3 N–H and O–H groups in total. The van der Waals surface area contributed by atoms with Crippen molar-refractivity contribution < 1.29 is 13.6 Å². The van der Waals surface area contributed by atoms with Crippen molar-refractivity contribution in [3.63, 3.8) is 0 Å². The lowest BCUT2D eigenvalue weighted by atomic mass is 10.2. The van der Waals surface area contributed by atoms with Crippen molar-refractivity contribution in [1.29, 1.82) is 0 Å². The first-order valence-corrected chi connectivity index (χ1v) is 11.2. The van der Waals surface area contributed by atoms with Crippen molar-refractivity contribution in [3.8, 4) is 0 Å². The topological polar surface area (TPSA) is 91.8 Å². The molecule has 0 aliphatic rings. The zero-order chi connectivity index (χ0) is 23.9. The first-order chi connectivity index (χ1) is 16.4. The second-order valence-electron chi connectivity index (χ2n) is 7.23. The number of rotatable bonds is 8. The molecule has 4 aromatic rings. The molecule has 10 heteroatoms. The molecule has 3 aromatic carbocycles. The first kappa shape index (κ1) is 23.1. The summed E-state index contributed by atoms with van der Waals surface area (Å²) in [5.41, 5.74) is 2.95. The Balaban J connectivity index is 1.50. The van der Waals surface area contributed by atoms with Gasteiger partial charge < -0.3 is 16.0 Å². The Morgan fingerprint density at radius 2 is 1.21 bits per heavy atom. The van der Waals surface area contributed by atoms with Gasteiger partial charge in [0.25, 0.3) is 0 Å². The molecule has 0 bridgehead atoms. The molecule has 0 spiro atoms. The fraction of sp³-hybridized carbons (Fsp3) is 0.0833. The van der Waals surface area contributed by atoms with Crippen LogP contribution in [-0.2, 0) is 4.79 Å². The summed E-state index contributed by atoms with van der Waals surface area (Å²) in [7, 11) is 0. The molecule has 1 aromatic heterocycles. The number of anilines is 5. The monoisotopic (exact) mass is 478 g/mol. The Morgan fingerprint density at radius 3 is 1.71 bits per heavy atom. The van der Waals surface area contributed by atoms with Gasteiger partial charge >= 0.3 is 0 Å². The van der Waals surface area contributed by atoms with Crippen LogP contribution < -0.4 is 16.0 Å². The third kappa shape index (κ3) is 6.72. The van der Waals surface area contributed by atoms with Gasteiger partial charge in [-0.3, -0.25) is 4.79 Å². The number of aryl methyl sites for hydroxylation is 1. The summed E-state index contributed by atoms with van der Waals surface area (Å²) in [6.45, 7) is 1.97. The molecule has 34 heavy (non-hydrogen) atoms. The van der Waals surface area contributed by atoms with Crippen LogP contribution >= 0.6 is 11.8 Å². The van der Waals surface area contributed by atoms with Crippen molar-refractivity contribution in [2.24, 2.45) is 0 Å². The van der Waals surface area contributed by atoms with Crippen LogP contribution in [0, 0.1) is 18.6 Å². The number of hydrogen-bond donors (Lipinski definition) is 3. The molecular formula is C24H20F2N6OS. The number of benzene rings is 3. The van der Waals surface area contributed by atoms with Gasteiger partial charge in [-0.15, -0.1) is 0 Å². The van der Waals surface area contributed by atoms with Crippen molar-refractivity contribution in [2.75, 3.05) is 21.7 Å². The SMILES string of the molecule is Cc1ccc(NC(=O)CSc2nc(Nc3ccc(F)cc3)nc(Nc3ccc(F)cc3)n2)cc1. The summed E-state index contributed by atoms with van der Waals surface area (Å²) in [6.07, 6.45) is 0. The summed E-state index contributed by atoms with van der Waals surface area (Å²) >= 11 is 1.13. The molecule has 0 aliphatic carbocycles. The number of hydrogen-bond acceptors (Lipinski definition) is 7. The summed E-state index contributed by atoms with van der Waals surface area (Å²) < 4.78 is 26.5. The highest BCUT2D eigenvalue weighted by Crippen LogP contribution is 2.22. The van der Waals surface area contributed by atoms with Gasteiger partial charge in [-0.05, 0) is 67.6 Å². The minimum Gasteiger partial charge on any atom is -0.325 e. The number of thioether (sulfide) groups is 1. The summed E-state index contributed by atoms with van der Waals surface area (Å²) in [5, 5.41) is 9.11. The Hall–Kier alpha value is -4.05. The molecule has 0 radical (unpaired) electrons. The van der Waals surface area contributed by atoms with E-state index >= 15 is 0 Å². The second kappa shape index (κ2) is 10.7. The molecule has 1 heterocycles. The van der Waals surface area contributed by atoms with E-state index in [1.54, 1.807) is 24.3 Å². The number of halogens is 2. The molecule has 0 unspecified atom stereocenters. The summed E-state index contributed by atoms with van der Waals surface area (Å²) in [5.74, 6) is -0.466. The molecule has 0 atom stereocenters. The highest BCUT2D eigenvalue weighted by molar-refractivity contribution is 7.99. The average molecular weight is 479 g/mol. The highest BCUT2D eigenvalue weighted by Gasteiger charge is 2.11. The number of nitrogens with zero attached hydrogens (tertiary/aromatic N) is 3. The third-order valence-electron chi connectivity index (χ3n) is 4.48. The van der Waals surface area contributed by atoms with Crippen molar-refractivity contribution >= 4 is 46.6 Å². The number of amides is 1. The summed E-state index contributed by atoms with van der Waals surface area (Å²) in [6, 6.07) is 18.9. The van der Waals surface area contributed by atoms with E-state index in [1.807, 2.05) is 31.2 Å². The van der Waals surface area contributed by atoms with Gasteiger partial charge in [0.2, 0.25) is 17.8 Å². The predicted octanol–water partition coefficient (Wildman–Crippen LogP) is 5.68. The highest BCUT2D eigenvalue weighted by atomic mass is 32.2. The quantitative estimate of drug-likeness (QED) is 0.281. The van der Waals surface area contributed by atoms with E-state index < -0.39 is 0 Å². The third-order valence-corrected chi connectivity index (χ3v) is 5.33. The predicted molar refractivity (Wildman–Crippen MR) is 130 cm³/mol. The standard InChI is InChI=1S/C24H20F2N6OS/c1-15-2-8-18(9-3-15)27-21(33)14-34-24-31-22(28-19-10-4-16(25)5-11-19)30-23(32-24)29-20-12-6-17(26)7-13-20/h2-13H,14H2,1H3,(H,27,33)(H2,28,29,30,31,32). The van der Waals surface area contributed by atoms with Crippen LogP contribution in [-0.4, -0.2) is 26.6 Å². The van der Waals surface area contributed by atoms with Gasteiger partial charge in [-0.2, -0.15) is 15.0 Å². The maximum Gasteiger partial charge on any atom is 0.234 e. The minimum absolute atomic E-state index is 0.0733. The molecule has 0 saturated heterocycles. The Morgan fingerprint density at radius 1 is 0.735 bits per heavy atom. The van der Waals surface area contributed by atoms with Crippen LogP contribution in [0.3, 0.4) is 0 Å². The van der Waals surface area contributed by atoms with Crippen molar-refractivity contribution in [1.82, 2.24) is 15.0 Å². The zero-order valence-corrected chi connectivity index (χ0v) is 18.9. The van der Waals surface area contributed by atoms with Gasteiger partial charge in [-0.25, -0.2) is 8.78 Å². The van der Waals surface area contributed by atoms with Crippen LogP contribution in [0.2, 0.25) is 0 Å². The second-order valence-corrected chi connectivity index (χ2v) is 8.17. The Bertz CT molecular complexity index is 1200. The molecule has 4 rings (SSSR count). The molecule has 0 fully saturated rings.